The molecule has 0 spiro atoms. The van der Waals surface area contributed by atoms with Crippen molar-refractivity contribution in [1.82, 2.24) is 0 Å². The quantitative estimate of drug-likeness (QED) is 0.825. The highest BCUT2D eigenvalue weighted by atomic mass is 16.5. The first kappa shape index (κ1) is 14.9. The number of carbonyl (C=O) groups is 1. The van der Waals surface area contributed by atoms with E-state index < -0.39 is 0 Å². The van der Waals surface area contributed by atoms with Crippen LogP contribution in [0.25, 0.3) is 0 Å². The number of ether oxygens (including phenoxy) is 1. The summed E-state index contributed by atoms with van der Waals surface area (Å²) in [5.41, 5.74) is 7.48. The number of hydrogen-bond acceptors (Lipinski definition) is 3. The third kappa shape index (κ3) is 4.53. The molecule has 0 saturated heterocycles. The van der Waals surface area contributed by atoms with Crippen LogP contribution in [0.15, 0.2) is 48.5 Å². The molecule has 0 bridgehead atoms. The van der Waals surface area contributed by atoms with Gasteiger partial charge in [-0.1, -0.05) is 26.0 Å². The number of rotatable bonds is 5. The van der Waals surface area contributed by atoms with Crippen LogP contribution in [0, 0.1) is 5.92 Å². The first-order valence-corrected chi connectivity index (χ1v) is 6.94. The summed E-state index contributed by atoms with van der Waals surface area (Å²) in [4.78, 5) is 12.1. The molecule has 0 unspecified atom stereocenters. The number of nitrogen functional groups attached to an aromatic ring is 1. The summed E-state index contributed by atoms with van der Waals surface area (Å²) in [5, 5.41) is 2.84. The van der Waals surface area contributed by atoms with E-state index in [9.17, 15) is 4.79 Å². The molecule has 2 aromatic carbocycles. The molecule has 0 atom stereocenters. The number of amides is 1. The molecule has 0 aromatic heterocycles. The van der Waals surface area contributed by atoms with E-state index in [0.717, 1.165) is 5.75 Å². The average molecular weight is 284 g/mol. The van der Waals surface area contributed by atoms with Gasteiger partial charge in [0.15, 0.2) is 0 Å². The van der Waals surface area contributed by atoms with Crippen LogP contribution in [0.2, 0.25) is 0 Å². The second kappa shape index (κ2) is 6.79. The van der Waals surface area contributed by atoms with Crippen molar-refractivity contribution >= 4 is 17.3 Å². The van der Waals surface area contributed by atoms with E-state index in [4.69, 9.17) is 10.5 Å². The van der Waals surface area contributed by atoms with Gasteiger partial charge in [-0.15, -0.1) is 0 Å². The van der Waals surface area contributed by atoms with Gasteiger partial charge < -0.3 is 15.8 Å². The molecular formula is C17H20N2O2. The number of hydrogen-bond donors (Lipinski definition) is 2. The van der Waals surface area contributed by atoms with Crippen molar-refractivity contribution < 1.29 is 9.53 Å². The van der Waals surface area contributed by atoms with Gasteiger partial charge >= 0.3 is 0 Å². The van der Waals surface area contributed by atoms with Gasteiger partial charge in [-0.3, -0.25) is 4.79 Å². The highest BCUT2D eigenvalue weighted by molar-refractivity contribution is 6.04. The summed E-state index contributed by atoms with van der Waals surface area (Å²) in [6.45, 7) is 4.82. The highest BCUT2D eigenvalue weighted by Gasteiger charge is 2.07. The van der Waals surface area contributed by atoms with Crippen molar-refractivity contribution in [2.24, 2.45) is 5.92 Å². The van der Waals surface area contributed by atoms with Crippen molar-refractivity contribution in [3.8, 4) is 5.75 Å². The molecule has 110 valence electrons. The summed E-state index contributed by atoms with van der Waals surface area (Å²) in [7, 11) is 0. The Bertz CT molecular complexity index is 624. The Morgan fingerprint density at radius 3 is 2.67 bits per heavy atom. The summed E-state index contributed by atoms with van der Waals surface area (Å²) >= 11 is 0. The Balaban J connectivity index is 2.05. The van der Waals surface area contributed by atoms with Crippen LogP contribution in [0.3, 0.4) is 0 Å². The summed E-state index contributed by atoms with van der Waals surface area (Å²) in [5.74, 6) is 1.01. The zero-order chi connectivity index (χ0) is 15.2. The summed E-state index contributed by atoms with van der Waals surface area (Å²) in [6, 6.07) is 14.2. The molecule has 3 N–H and O–H groups in total. The number of anilines is 2. The molecule has 0 saturated carbocycles. The smallest absolute Gasteiger partial charge is 0.255 e. The van der Waals surface area contributed by atoms with Gasteiger partial charge in [0.2, 0.25) is 0 Å². The fourth-order valence-electron chi connectivity index (χ4n) is 1.81. The predicted molar refractivity (Wildman–Crippen MR) is 85.6 cm³/mol. The zero-order valence-electron chi connectivity index (χ0n) is 12.3. The molecule has 0 fully saturated rings. The lowest BCUT2D eigenvalue weighted by Crippen LogP contribution is -2.12. The molecule has 21 heavy (non-hydrogen) atoms. The van der Waals surface area contributed by atoms with E-state index >= 15 is 0 Å². The van der Waals surface area contributed by atoms with Gasteiger partial charge in [0.25, 0.3) is 5.91 Å². The molecule has 0 heterocycles. The van der Waals surface area contributed by atoms with Crippen molar-refractivity contribution in [1.29, 1.82) is 0 Å². The third-order valence-electron chi connectivity index (χ3n) is 2.82. The first-order chi connectivity index (χ1) is 10.0. The van der Waals surface area contributed by atoms with Crippen molar-refractivity contribution in [3.05, 3.63) is 54.1 Å². The fourth-order valence-corrected chi connectivity index (χ4v) is 1.81. The van der Waals surface area contributed by atoms with Gasteiger partial charge in [0.05, 0.1) is 6.61 Å². The van der Waals surface area contributed by atoms with E-state index in [0.29, 0.717) is 29.5 Å². The first-order valence-electron chi connectivity index (χ1n) is 6.94. The highest BCUT2D eigenvalue weighted by Crippen LogP contribution is 2.19. The monoisotopic (exact) mass is 284 g/mol. The minimum atomic E-state index is -0.191. The average Bonchev–Trinajstić information content (AvgIpc) is 2.45. The lowest BCUT2D eigenvalue weighted by atomic mass is 10.2. The van der Waals surface area contributed by atoms with Crippen molar-refractivity contribution in [2.75, 3.05) is 17.7 Å². The van der Waals surface area contributed by atoms with Crippen LogP contribution in [0.5, 0.6) is 5.75 Å². The molecule has 1 amide bonds. The van der Waals surface area contributed by atoms with Crippen LogP contribution in [-0.2, 0) is 0 Å². The zero-order valence-corrected chi connectivity index (χ0v) is 12.3. The van der Waals surface area contributed by atoms with E-state index in [1.807, 2.05) is 24.3 Å². The Labute approximate surface area is 124 Å². The number of nitrogens with two attached hydrogens (primary N) is 1. The maximum atomic E-state index is 12.1. The largest absolute Gasteiger partial charge is 0.493 e. The Morgan fingerprint density at radius 1 is 1.19 bits per heavy atom. The molecule has 0 radical (unpaired) electrons. The number of carbonyl (C=O) groups excluding carboxylic acids is 1. The van der Waals surface area contributed by atoms with E-state index in [1.54, 1.807) is 24.3 Å². The minimum absolute atomic E-state index is 0.191. The van der Waals surface area contributed by atoms with Crippen LogP contribution in [0.1, 0.15) is 24.2 Å². The van der Waals surface area contributed by atoms with E-state index in [-0.39, 0.29) is 5.91 Å². The molecule has 0 aliphatic carbocycles. The maximum absolute atomic E-state index is 12.1. The SMILES string of the molecule is CC(C)COc1cccc(NC(=O)c2cccc(N)c2)c1. The van der Waals surface area contributed by atoms with E-state index in [2.05, 4.69) is 19.2 Å². The molecule has 2 rings (SSSR count). The summed E-state index contributed by atoms with van der Waals surface area (Å²) < 4.78 is 5.64. The number of benzene rings is 2. The maximum Gasteiger partial charge on any atom is 0.255 e. The molecular weight excluding hydrogens is 264 g/mol. The molecule has 4 heteroatoms. The second-order valence-electron chi connectivity index (χ2n) is 5.31. The third-order valence-corrected chi connectivity index (χ3v) is 2.82. The standard InChI is InChI=1S/C17H20N2O2/c1-12(2)11-21-16-8-4-7-15(10-16)19-17(20)13-5-3-6-14(18)9-13/h3-10,12H,11,18H2,1-2H3,(H,19,20). The van der Waals surface area contributed by atoms with Gasteiger partial charge in [-0.25, -0.2) is 0 Å². The van der Waals surface area contributed by atoms with Crippen molar-refractivity contribution in [2.45, 2.75) is 13.8 Å². The van der Waals surface area contributed by atoms with Gasteiger partial charge in [-0.05, 0) is 36.2 Å². The van der Waals surface area contributed by atoms with Crippen LogP contribution >= 0.6 is 0 Å². The molecule has 4 nitrogen and oxygen atoms in total. The second-order valence-corrected chi connectivity index (χ2v) is 5.31. The lowest BCUT2D eigenvalue weighted by molar-refractivity contribution is 0.102. The lowest BCUT2D eigenvalue weighted by Gasteiger charge is -2.11. The normalized spacial score (nSPS) is 10.4. The van der Waals surface area contributed by atoms with Gasteiger partial charge in [0, 0.05) is 23.0 Å². The topological polar surface area (TPSA) is 64.3 Å². The van der Waals surface area contributed by atoms with Gasteiger partial charge in [-0.2, -0.15) is 0 Å². The Morgan fingerprint density at radius 2 is 1.95 bits per heavy atom. The minimum Gasteiger partial charge on any atom is -0.493 e. The molecule has 2 aromatic rings. The Kier molecular flexibility index (Phi) is 4.82. The molecule has 0 aliphatic heterocycles. The predicted octanol–water partition coefficient (Wildman–Crippen LogP) is 3.56. The molecule has 0 aliphatic rings. The van der Waals surface area contributed by atoms with Gasteiger partial charge in [0.1, 0.15) is 5.75 Å². The van der Waals surface area contributed by atoms with E-state index in [1.165, 1.54) is 0 Å². The van der Waals surface area contributed by atoms with Crippen molar-refractivity contribution in [3.63, 3.8) is 0 Å². The summed E-state index contributed by atoms with van der Waals surface area (Å²) in [6.07, 6.45) is 0. The Hall–Kier alpha value is -2.49. The van der Waals surface area contributed by atoms with Crippen LogP contribution < -0.4 is 15.8 Å². The van der Waals surface area contributed by atoms with Crippen LogP contribution in [-0.4, -0.2) is 12.5 Å². The fraction of sp³-hybridized carbons (Fsp3) is 0.235. The number of nitrogens with one attached hydrogen (secondary N) is 1. The van der Waals surface area contributed by atoms with Crippen LogP contribution in [0.4, 0.5) is 11.4 Å².